The van der Waals surface area contributed by atoms with Crippen molar-refractivity contribution in [3.05, 3.63) is 5.82 Å². The quantitative estimate of drug-likeness (QED) is 0.633. The van der Waals surface area contributed by atoms with Gasteiger partial charge in [0.05, 0.1) is 7.05 Å². The second kappa shape index (κ2) is 3.29. The first kappa shape index (κ1) is 9.54. The van der Waals surface area contributed by atoms with Gasteiger partial charge in [-0.1, -0.05) is 0 Å². The van der Waals surface area contributed by atoms with E-state index in [-0.39, 0.29) is 0 Å². The minimum absolute atomic E-state index is 0.437. The molecule has 0 bridgehead atoms. The van der Waals surface area contributed by atoms with Gasteiger partial charge in [-0.05, 0) is 31.6 Å². The summed E-state index contributed by atoms with van der Waals surface area (Å²) >= 11 is 0. The maximum absolute atomic E-state index is 10.3. The molecule has 0 aliphatic carbocycles. The fourth-order valence-corrected chi connectivity index (χ4v) is 1.90. The van der Waals surface area contributed by atoms with Crippen LogP contribution in [-0.4, -0.2) is 50.4 Å². The van der Waals surface area contributed by atoms with Crippen molar-refractivity contribution in [2.45, 2.75) is 18.4 Å². The van der Waals surface area contributed by atoms with Gasteiger partial charge in [-0.3, -0.25) is 0 Å². The highest BCUT2D eigenvalue weighted by Gasteiger charge is 2.37. The number of piperidine rings is 1. The Bertz CT molecular complexity index is 325. The molecular weight excluding hydrogens is 182 g/mol. The first-order valence-corrected chi connectivity index (χ1v) is 4.75. The molecule has 1 unspecified atom stereocenters. The van der Waals surface area contributed by atoms with Crippen LogP contribution >= 0.6 is 0 Å². The number of hydrogen-bond acceptors (Lipinski definition) is 5. The van der Waals surface area contributed by atoms with E-state index in [4.69, 9.17) is 0 Å². The highest BCUT2D eigenvalue weighted by atomic mass is 16.3. The monoisotopic (exact) mass is 197 g/mol. The zero-order valence-electron chi connectivity index (χ0n) is 8.51. The molecule has 0 aromatic carbocycles. The van der Waals surface area contributed by atoms with Crippen molar-refractivity contribution in [1.29, 1.82) is 0 Å². The molecule has 1 aromatic heterocycles. The van der Waals surface area contributed by atoms with Crippen molar-refractivity contribution in [2.75, 3.05) is 20.1 Å². The van der Waals surface area contributed by atoms with Crippen LogP contribution in [0, 0.1) is 0 Å². The van der Waals surface area contributed by atoms with Crippen LogP contribution in [0.4, 0.5) is 0 Å². The fourth-order valence-electron chi connectivity index (χ4n) is 1.90. The summed E-state index contributed by atoms with van der Waals surface area (Å²) in [6.07, 6.45) is 1.67. The molecule has 1 saturated heterocycles. The van der Waals surface area contributed by atoms with E-state index >= 15 is 0 Å². The third kappa shape index (κ3) is 1.62. The number of likely N-dealkylation sites (tertiary alicyclic amines) is 1. The lowest BCUT2D eigenvalue weighted by Gasteiger charge is -2.34. The number of aryl methyl sites for hydroxylation is 1. The molecule has 1 fully saturated rings. The van der Waals surface area contributed by atoms with Crippen LogP contribution in [0.5, 0.6) is 0 Å². The predicted molar refractivity (Wildman–Crippen MR) is 49.4 cm³/mol. The number of aliphatic hydroxyl groups is 1. The van der Waals surface area contributed by atoms with E-state index in [9.17, 15) is 5.11 Å². The molecule has 0 spiro atoms. The Morgan fingerprint density at radius 3 is 2.79 bits per heavy atom. The first-order valence-electron chi connectivity index (χ1n) is 4.75. The van der Waals surface area contributed by atoms with Crippen molar-refractivity contribution in [2.24, 2.45) is 7.05 Å². The van der Waals surface area contributed by atoms with Crippen LogP contribution in [0.3, 0.4) is 0 Å². The molecule has 1 atom stereocenters. The molecule has 0 amide bonds. The molecule has 0 saturated carbocycles. The van der Waals surface area contributed by atoms with Crippen LogP contribution in [0.2, 0.25) is 0 Å². The number of β-amino-alcohol motifs (C(OH)–C–C–N with tert-alkyl or cyclic N) is 1. The van der Waals surface area contributed by atoms with E-state index in [1.807, 2.05) is 7.05 Å². The highest BCUT2D eigenvalue weighted by Crippen LogP contribution is 2.27. The van der Waals surface area contributed by atoms with Crippen molar-refractivity contribution in [3.8, 4) is 0 Å². The Labute approximate surface area is 82.5 Å². The molecule has 6 nitrogen and oxygen atoms in total. The Hall–Kier alpha value is -1.01. The van der Waals surface area contributed by atoms with Crippen LogP contribution in [0.15, 0.2) is 0 Å². The standard InChI is InChI=1S/C8H15N5O/c1-12-5-3-4-8(14,6-12)7-9-11-13(2)10-7/h14H,3-6H2,1-2H3. The molecule has 14 heavy (non-hydrogen) atoms. The third-order valence-electron chi connectivity index (χ3n) is 2.59. The van der Waals surface area contributed by atoms with E-state index in [1.54, 1.807) is 7.05 Å². The van der Waals surface area contributed by atoms with Gasteiger partial charge in [0.25, 0.3) is 0 Å². The molecule has 1 N–H and O–H groups in total. The van der Waals surface area contributed by atoms with E-state index in [0.717, 1.165) is 13.0 Å². The molecule has 6 heteroatoms. The smallest absolute Gasteiger partial charge is 0.207 e. The van der Waals surface area contributed by atoms with Gasteiger partial charge < -0.3 is 10.0 Å². The average Bonchev–Trinajstić information content (AvgIpc) is 2.52. The summed E-state index contributed by atoms with van der Waals surface area (Å²) in [5, 5.41) is 22.0. The van der Waals surface area contributed by atoms with Gasteiger partial charge in [0, 0.05) is 6.54 Å². The highest BCUT2D eigenvalue weighted by molar-refractivity contribution is 5.01. The Balaban J connectivity index is 2.22. The van der Waals surface area contributed by atoms with E-state index < -0.39 is 5.60 Å². The number of tetrazole rings is 1. The topological polar surface area (TPSA) is 67.1 Å². The van der Waals surface area contributed by atoms with Crippen molar-refractivity contribution >= 4 is 0 Å². The lowest BCUT2D eigenvalue weighted by Crippen LogP contribution is -2.45. The number of likely N-dealkylation sites (N-methyl/N-ethyl adjacent to an activating group) is 1. The number of hydrogen-bond donors (Lipinski definition) is 1. The summed E-state index contributed by atoms with van der Waals surface area (Å²) in [6.45, 7) is 1.60. The Morgan fingerprint density at radius 2 is 2.21 bits per heavy atom. The minimum Gasteiger partial charge on any atom is -0.380 e. The van der Waals surface area contributed by atoms with Gasteiger partial charge in [-0.15, -0.1) is 10.2 Å². The normalized spacial score (nSPS) is 29.4. The third-order valence-corrected chi connectivity index (χ3v) is 2.59. The largest absolute Gasteiger partial charge is 0.380 e. The zero-order valence-corrected chi connectivity index (χ0v) is 8.51. The lowest BCUT2D eigenvalue weighted by molar-refractivity contribution is -0.0350. The molecule has 1 aromatic rings. The molecule has 2 heterocycles. The van der Waals surface area contributed by atoms with Crippen LogP contribution in [0.1, 0.15) is 18.7 Å². The predicted octanol–water partition coefficient (Wildman–Crippen LogP) is -0.877. The van der Waals surface area contributed by atoms with Gasteiger partial charge in [-0.2, -0.15) is 4.80 Å². The molecule has 0 radical (unpaired) electrons. The average molecular weight is 197 g/mol. The van der Waals surface area contributed by atoms with Gasteiger partial charge in [0.15, 0.2) is 0 Å². The molecular formula is C8H15N5O. The minimum atomic E-state index is -0.915. The van der Waals surface area contributed by atoms with E-state index in [1.165, 1.54) is 4.80 Å². The zero-order chi connectivity index (χ0) is 10.2. The fraction of sp³-hybridized carbons (Fsp3) is 0.875. The number of nitrogens with zero attached hydrogens (tertiary/aromatic N) is 5. The maximum atomic E-state index is 10.3. The first-order chi connectivity index (χ1) is 6.60. The summed E-state index contributed by atoms with van der Waals surface area (Å²) in [5.41, 5.74) is -0.915. The van der Waals surface area contributed by atoms with Crippen molar-refractivity contribution < 1.29 is 5.11 Å². The maximum Gasteiger partial charge on any atom is 0.207 e. The summed E-state index contributed by atoms with van der Waals surface area (Å²) in [7, 11) is 3.69. The lowest BCUT2D eigenvalue weighted by atomic mass is 9.92. The van der Waals surface area contributed by atoms with Crippen molar-refractivity contribution in [1.82, 2.24) is 25.1 Å². The second-order valence-corrected chi connectivity index (χ2v) is 3.98. The molecule has 2 rings (SSSR count). The van der Waals surface area contributed by atoms with Gasteiger partial charge in [0.2, 0.25) is 5.82 Å². The summed E-state index contributed by atoms with van der Waals surface area (Å²) in [6, 6.07) is 0. The second-order valence-electron chi connectivity index (χ2n) is 3.98. The molecule has 78 valence electrons. The Morgan fingerprint density at radius 1 is 1.43 bits per heavy atom. The van der Waals surface area contributed by atoms with E-state index in [2.05, 4.69) is 20.3 Å². The summed E-state index contributed by atoms with van der Waals surface area (Å²) in [5.74, 6) is 0.437. The molecule has 1 aliphatic rings. The van der Waals surface area contributed by atoms with Crippen molar-refractivity contribution in [3.63, 3.8) is 0 Å². The van der Waals surface area contributed by atoms with Gasteiger partial charge >= 0.3 is 0 Å². The Kier molecular flexibility index (Phi) is 2.24. The summed E-state index contributed by atoms with van der Waals surface area (Å²) in [4.78, 5) is 3.46. The number of rotatable bonds is 1. The van der Waals surface area contributed by atoms with Crippen LogP contribution in [0.25, 0.3) is 0 Å². The van der Waals surface area contributed by atoms with Crippen LogP contribution in [-0.2, 0) is 12.6 Å². The molecule has 1 aliphatic heterocycles. The number of aromatic nitrogens is 4. The van der Waals surface area contributed by atoms with Crippen LogP contribution < -0.4 is 0 Å². The SMILES string of the molecule is CN1CCCC(O)(c2nnn(C)n2)C1. The summed E-state index contributed by atoms with van der Waals surface area (Å²) < 4.78 is 0. The van der Waals surface area contributed by atoms with Gasteiger partial charge in [0.1, 0.15) is 5.60 Å². The van der Waals surface area contributed by atoms with E-state index in [0.29, 0.717) is 18.8 Å². The van der Waals surface area contributed by atoms with Gasteiger partial charge in [-0.25, -0.2) is 0 Å².